The summed E-state index contributed by atoms with van der Waals surface area (Å²) in [6.07, 6.45) is 0. The number of sulfonamides is 1. The van der Waals surface area contributed by atoms with E-state index in [1.54, 1.807) is 19.9 Å². The van der Waals surface area contributed by atoms with Crippen molar-refractivity contribution in [1.29, 1.82) is 0 Å². The topological polar surface area (TPSA) is 101 Å². The molecule has 1 amide bonds. The molecule has 108 valence electrons. The van der Waals surface area contributed by atoms with E-state index in [4.69, 9.17) is 5.73 Å². The lowest BCUT2D eigenvalue weighted by atomic mass is 10.1. The molecule has 4 N–H and O–H groups in total. The largest absolute Gasteiger partial charge is 0.349 e. The predicted octanol–water partition coefficient (Wildman–Crippen LogP) is 0.642. The number of nitrogens with one attached hydrogen (secondary N) is 2. The highest BCUT2D eigenvalue weighted by Gasteiger charge is 2.21. The van der Waals surface area contributed by atoms with Gasteiger partial charge in [-0.2, -0.15) is 0 Å². The van der Waals surface area contributed by atoms with Crippen LogP contribution in [0.5, 0.6) is 0 Å². The lowest BCUT2D eigenvalue weighted by Crippen LogP contribution is -2.51. The second-order valence-electron chi connectivity index (χ2n) is 4.52. The predicted molar refractivity (Wildman–Crippen MR) is 78.5 cm³/mol. The molecule has 0 atom stereocenters. The molecule has 0 aromatic carbocycles. The zero-order valence-electron chi connectivity index (χ0n) is 10.6. The van der Waals surface area contributed by atoms with Crippen LogP contribution < -0.4 is 15.8 Å². The Morgan fingerprint density at radius 1 is 1.47 bits per heavy atom. The lowest BCUT2D eigenvalue weighted by Gasteiger charge is -2.24. The zero-order valence-corrected chi connectivity index (χ0v) is 13.8. The minimum Gasteiger partial charge on any atom is -0.349 e. The van der Waals surface area contributed by atoms with Crippen molar-refractivity contribution in [3.63, 3.8) is 0 Å². The molecule has 1 rings (SSSR count). The molecule has 0 aliphatic heterocycles. The number of hydrogen-bond acceptors (Lipinski definition) is 5. The van der Waals surface area contributed by atoms with Gasteiger partial charge in [0.25, 0.3) is 10.0 Å². The van der Waals surface area contributed by atoms with E-state index in [0.717, 1.165) is 11.3 Å². The van der Waals surface area contributed by atoms with E-state index in [1.165, 1.54) is 6.07 Å². The monoisotopic (exact) mass is 369 g/mol. The standard InChI is InChI=1S/C10H16BrN3O3S2/c1-10(2,6-12)14-8(15)5-13-19(16,17)9-4-3-7(11)18-9/h3-4,13H,5-6,12H2,1-2H3,(H,14,15). The third-order valence-electron chi connectivity index (χ3n) is 2.22. The molecule has 19 heavy (non-hydrogen) atoms. The highest BCUT2D eigenvalue weighted by molar-refractivity contribution is 9.11. The first kappa shape index (κ1) is 16.6. The summed E-state index contributed by atoms with van der Waals surface area (Å²) >= 11 is 4.27. The molecule has 6 nitrogen and oxygen atoms in total. The van der Waals surface area contributed by atoms with Gasteiger partial charge in [-0.1, -0.05) is 0 Å². The molecule has 0 unspecified atom stereocenters. The van der Waals surface area contributed by atoms with Crippen molar-refractivity contribution in [2.45, 2.75) is 23.6 Å². The third kappa shape index (κ3) is 5.19. The summed E-state index contributed by atoms with van der Waals surface area (Å²) in [5.74, 6) is -0.422. The van der Waals surface area contributed by atoms with Crippen LogP contribution in [0.2, 0.25) is 0 Å². The van der Waals surface area contributed by atoms with Crippen LogP contribution in [0.25, 0.3) is 0 Å². The van der Waals surface area contributed by atoms with E-state index >= 15 is 0 Å². The Kier molecular flexibility index (Phi) is 5.51. The fourth-order valence-electron chi connectivity index (χ4n) is 1.15. The quantitative estimate of drug-likeness (QED) is 0.684. The fourth-order valence-corrected chi connectivity index (χ4v) is 4.18. The highest BCUT2D eigenvalue weighted by atomic mass is 79.9. The van der Waals surface area contributed by atoms with Crippen LogP contribution in [-0.2, 0) is 14.8 Å². The zero-order chi connectivity index (χ0) is 14.7. The average molecular weight is 370 g/mol. The van der Waals surface area contributed by atoms with Crippen molar-refractivity contribution in [2.75, 3.05) is 13.1 Å². The maximum absolute atomic E-state index is 11.9. The maximum Gasteiger partial charge on any atom is 0.250 e. The van der Waals surface area contributed by atoms with Crippen molar-refractivity contribution >= 4 is 43.2 Å². The van der Waals surface area contributed by atoms with Gasteiger partial charge in [0.1, 0.15) is 4.21 Å². The van der Waals surface area contributed by atoms with Crippen molar-refractivity contribution in [2.24, 2.45) is 5.73 Å². The van der Waals surface area contributed by atoms with Crippen molar-refractivity contribution in [3.8, 4) is 0 Å². The van der Waals surface area contributed by atoms with E-state index in [1.807, 2.05) is 0 Å². The number of carbonyl (C=O) groups is 1. The number of carbonyl (C=O) groups excluding carboxylic acids is 1. The van der Waals surface area contributed by atoms with E-state index in [-0.39, 0.29) is 17.3 Å². The Bertz CT molecular complexity index is 554. The number of rotatable bonds is 6. The molecule has 0 spiro atoms. The Morgan fingerprint density at radius 3 is 2.58 bits per heavy atom. The van der Waals surface area contributed by atoms with Crippen molar-refractivity contribution < 1.29 is 13.2 Å². The van der Waals surface area contributed by atoms with E-state index in [2.05, 4.69) is 26.0 Å². The molecular weight excluding hydrogens is 354 g/mol. The molecule has 1 aromatic rings. The number of hydrogen-bond donors (Lipinski definition) is 3. The summed E-state index contributed by atoms with van der Waals surface area (Å²) in [5, 5.41) is 2.64. The summed E-state index contributed by atoms with van der Waals surface area (Å²) < 4.78 is 26.8. The summed E-state index contributed by atoms with van der Waals surface area (Å²) in [6.45, 7) is 3.47. The Hall–Kier alpha value is -0.480. The Balaban J connectivity index is 2.60. The van der Waals surface area contributed by atoms with Crippen LogP contribution in [0.3, 0.4) is 0 Å². The van der Waals surface area contributed by atoms with Crippen LogP contribution in [0.4, 0.5) is 0 Å². The maximum atomic E-state index is 11.9. The lowest BCUT2D eigenvalue weighted by molar-refractivity contribution is -0.121. The van der Waals surface area contributed by atoms with Crippen LogP contribution in [0, 0.1) is 0 Å². The summed E-state index contributed by atoms with van der Waals surface area (Å²) in [4.78, 5) is 11.6. The van der Waals surface area contributed by atoms with E-state index in [9.17, 15) is 13.2 Å². The first-order valence-corrected chi connectivity index (χ1v) is 8.52. The third-order valence-corrected chi connectivity index (χ3v) is 5.74. The molecular formula is C10H16BrN3O3S2. The minimum absolute atomic E-state index is 0.158. The van der Waals surface area contributed by atoms with Gasteiger partial charge in [0.05, 0.1) is 10.3 Å². The van der Waals surface area contributed by atoms with E-state index < -0.39 is 21.5 Å². The molecule has 0 saturated heterocycles. The molecule has 9 heteroatoms. The Morgan fingerprint density at radius 2 is 2.11 bits per heavy atom. The molecule has 1 heterocycles. The van der Waals surface area contributed by atoms with Gasteiger partial charge in [0.15, 0.2) is 0 Å². The number of nitrogens with two attached hydrogens (primary N) is 1. The fraction of sp³-hybridized carbons (Fsp3) is 0.500. The van der Waals surface area contributed by atoms with Gasteiger partial charge in [0, 0.05) is 12.1 Å². The summed E-state index contributed by atoms with van der Waals surface area (Å²) in [5.41, 5.74) is 4.91. The van der Waals surface area contributed by atoms with Crippen LogP contribution in [0.15, 0.2) is 20.1 Å². The molecule has 0 saturated carbocycles. The van der Waals surface area contributed by atoms with Gasteiger partial charge in [-0.15, -0.1) is 11.3 Å². The average Bonchev–Trinajstić information content (AvgIpc) is 2.74. The van der Waals surface area contributed by atoms with Crippen LogP contribution in [-0.4, -0.2) is 33.0 Å². The first-order valence-electron chi connectivity index (χ1n) is 5.42. The molecule has 1 aromatic heterocycles. The Labute approximate surface area is 124 Å². The van der Waals surface area contributed by atoms with Crippen LogP contribution in [0.1, 0.15) is 13.8 Å². The van der Waals surface area contributed by atoms with Crippen molar-refractivity contribution in [3.05, 3.63) is 15.9 Å². The van der Waals surface area contributed by atoms with Gasteiger partial charge in [-0.25, -0.2) is 13.1 Å². The second kappa shape index (κ2) is 6.31. The molecule has 0 fully saturated rings. The van der Waals surface area contributed by atoms with Gasteiger partial charge in [-0.05, 0) is 41.9 Å². The number of halogens is 1. The molecule has 0 aliphatic carbocycles. The first-order chi connectivity index (χ1) is 8.66. The van der Waals surface area contributed by atoms with Gasteiger partial charge in [0.2, 0.25) is 5.91 Å². The van der Waals surface area contributed by atoms with Gasteiger partial charge in [-0.3, -0.25) is 4.79 Å². The number of amides is 1. The van der Waals surface area contributed by atoms with Crippen LogP contribution >= 0.6 is 27.3 Å². The SMILES string of the molecule is CC(C)(CN)NC(=O)CNS(=O)(=O)c1ccc(Br)s1. The molecule has 0 radical (unpaired) electrons. The molecule has 0 aliphatic rings. The van der Waals surface area contributed by atoms with Crippen molar-refractivity contribution in [1.82, 2.24) is 10.0 Å². The number of thiophene rings is 1. The minimum atomic E-state index is -3.65. The smallest absolute Gasteiger partial charge is 0.250 e. The van der Waals surface area contributed by atoms with E-state index in [0.29, 0.717) is 3.79 Å². The summed E-state index contributed by atoms with van der Waals surface area (Å²) in [7, 11) is -3.65. The molecule has 0 bridgehead atoms. The van der Waals surface area contributed by atoms with Gasteiger partial charge >= 0.3 is 0 Å². The second-order valence-corrected chi connectivity index (χ2v) is 8.98. The summed E-state index contributed by atoms with van der Waals surface area (Å²) in [6, 6.07) is 3.11. The normalized spacial score (nSPS) is 12.4. The van der Waals surface area contributed by atoms with Gasteiger partial charge < -0.3 is 11.1 Å². The highest BCUT2D eigenvalue weighted by Crippen LogP contribution is 2.25.